The van der Waals surface area contributed by atoms with Gasteiger partial charge in [0.1, 0.15) is 0 Å². The Labute approximate surface area is 198 Å². The number of aromatic nitrogens is 3. The standard InChI is InChI=1S/C21H28ClN5O3S2/c1-14(25(2)3)20-23-24-21(27(20)17-6-4-15(22)5-7-17)31-12-19(28)26(16-8-9-16)18-10-11-32(29,30)13-18/h4-7,14,16,18H,8-13H2,1-3H3. The van der Waals surface area contributed by atoms with Gasteiger partial charge in [-0.25, -0.2) is 8.42 Å². The summed E-state index contributed by atoms with van der Waals surface area (Å²) in [5.74, 6) is 1.17. The molecule has 1 aliphatic carbocycles. The molecule has 1 aromatic carbocycles. The van der Waals surface area contributed by atoms with Crippen molar-refractivity contribution in [3.05, 3.63) is 35.1 Å². The summed E-state index contributed by atoms with van der Waals surface area (Å²) in [6, 6.07) is 7.41. The SMILES string of the molecule is CC(c1nnc(SCC(=O)N(C2CC2)C2CCS(=O)(=O)C2)n1-c1ccc(Cl)cc1)N(C)C. The molecular weight excluding hydrogens is 470 g/mol. The largest absolute Gasteiger partial charge is 0.335 e. The van der Waals surface area contributed by atoms with Crippen LogP contribution >= 0.6 is 23.4 Å². The van der Waals surface area contributed by atoms with Crippen molar-refractivity contribution >= 4 is 39.1 Å². The number of carbonyl (C=O) groups is 1. The van der Waals surface area contributed by atoms with Gasteiger partial charge in [0.25, 0.3) is 0 Å². The smallest absolute Gasteiger partial charge is 0.233 e. The number of hydrogen-bond acceptors (Lipinski definition) is 7. The van der Waals surface area contributed by atoms with E-state index in [0.29, 0.717) is 16.6 Å². The lowest BCUT2D eigenvalue weighted by molar-refractivity contribution is -0.130. The minimum absolute atomic E-state index is 0.00916. The van der Waals surface area contributed by atoms with Gasteiger partial charge in [-0.3, -0.25) is 14.3 Å². The number of carbonyl (C=O) groups excluding carboxylic acids is 1. The molecule has 0 N–H and O–H groups in total. The molecule has 32 heavy (non-hydrogen) atoms. The van der Waals surface area contributed by atoms with Crippen LogP contribution in [0.3, 0.4) is 0 Å². The molecule has 2 heterocycles. The average Bonchev–Trinajstić information content (AvgIpc) is 3.37. The van der Waals surface area contributed by atoms with E-state index in [1.54, 1.807) is 0 Å². The number of nitrogens with zero attached hydrogens (tertiary/aromatic N) is 5. The Balaban J connectivity index is 1.56. The van der Waals surface area contributed by atoms with E-state index in [2.05, 4.69) is 10.2 Å². The van der Waals surface area contributed by atoms with E-state index in [0.717, 1.165) is 24.4 Å². The van der Waals surface area contributed by atoms with Crippen molar-refractivity contribution in [3.8, 4) is 5.69 Å². The van der Waals surface area contributed by atoms with Crippen LogP contribution in [0.4, 0.5) is 0 Å². The quantitative estimate of drug-likeness (QED) is 0.518. The number of hydrogen-bond donors (Lipinski definition) is 0. The van der Waals surface area contributed by atoms with Crippen LogP contribution in [-0.2, 0) is 14.6 Å². The molecular formula is C21H28ClN5O3S2. The zero-order valence-electron chi connectivity index (χ0n) is 18.4. The molecule has 1 amide bonds. The van der Waals surface area contributed by atoms with Crippen LogP contribution in [0, 0.1) is 0 Å². The molecule has 11 heteroatoms. The van der Waals surface area contributed by atoms with Crippen molar-refractivity contribution in [3.63, 3.8) is 0 Å². The van der Waals surface area contributed by atoms with Crippen LogP contribution in [0.15, 0.2) is 29.4 Å². The average molecular weight is 498 g/mol. The van der Waals surface area contributed by atoms with E-state index in [9.17, 15) is 13.2 Å². The molecule has 2 aliphatic rings. The zero-order chi connectivity index (χ0) is 23.0. The predicted octanol–water partition coefficient (Wildman–Crippen LogP) is 2.81. The Morgan fingerprint density at radius 3 is 2.44 bits per heavy atom. The van der Waals surface area contributed by atoms with Crippen LogP contribution in [-0.4, -0.2) is 82.3 Å². The van der Waals surface area contributed by atoms with Gasteiger partial charge in [-0.2, -0.15) is 0 Å². The maximum Gasteiger partial charge on any atom is 0.233 e. The summed E-state index contributed by atoms with van der Waals surface area (Å²) in [7, 11) is 0.904. The fourth-order valence-electron chi connectivity index (χ4n) is 3.96. The third-order valence-corrected chi connectivity index (χ3v) is 8.96. The minimum atomic E-state index is -3.05. The molecule has 0 radical (unpaired) electrons. The molecule has 2 unspecified atom stereocenters. The van der Waals surface area contributed by atoms with Crippen LogP contribution in [0.1, 0.15) is 38.1 Å². The first-order valence-corrected chi connectivity index (χ1v) is 13.9. The Kier molecular flexibility index (Phi) is 6.86. The third-order valence-electron chi connectivity index (χ3n) is 6.05. The summed E-state index contributed by atoms with van der Waals surface area (Å²) in [6.07, 6.45) is 2.41. The minimum Gasteiger partial charge on any atom is -0.335 e. The van der Waals surface area contributed by atoms with Gasteiger partial charge in [0, 0.05) is 22.8 Å². The molecule has 1 saturated heterocycles. The summed E-state index contributed by atoms with van der Waals surface area (Å²) in [4.78, 5) is 17.0. The van der Waals surface area contributed by atoms with Crippen molar-refractivity contribution in [2.75, 3.05) is 31.4 Å². The number of rotatable bonds is 8. The first-order chi connectivity index (χ1) is 15.2. The van der Waals surface area contributed by atoms with Gasteiger partial charge in [0.05, 0.1) is 23.3 Å². The van der Waals surface area contributed by atoms with E-state index < -0.39 is 9.84 Å². The lowest BCUT2D eigenvalue weighted by atomic mass is 10.2. The lowest BCUT2D eigenvalue weighted by Crippen LogP contribution is -2.43. The highest BCUT2D eigenvalue weighted by molar-refractivity contribution is 7.99. The molecule has 2 aromatic rings. The monoisotopic (exact) mass is 497 g/mol. The first kappa shape index (κ1) is 23.5. The normalized spacial score (nSPS) is 21.1. The number of thioether (sulfide) groups is 1. The maximum absolute atomic E-state index is 13.2. The number of halogens is 1. The van der Waals surface area contributed by atoms with Crippen molar-refractivity contribution in [1.82, 2.24) is 24.6 Å². The van der Waals surface area contributed by atoms with E-state index in [1.165, 1.54) is 11.8 Å². The molecule has 8 nitrogen and oxygen atoms in total. The molecule has 0 bridgehead atoms. The molecule has 2 fully saturated rings. The highest BCUT2D eigenvalue weighted by atomic mass is 35.5. The van der Waals surface area contributed by atoms with E-state index in [-0.39, 0.29) is 41.3 Å². The third kappa shape index (κ3) is 5.13. The zero-order valence-corrected chi connectivity index (χ0v) is 20.8. The summed E-state index contributed by atoms with van der Waals surface area (Å²) in [5.41, 5.74) is 0.874. The maximum atomic E-state index is 13.2. The molecule has 1 aromatic heterocycles. The summed E-state index contributed by atoms with van der Waals surface area (Å²) >= 11 is 7.41. The summed E-state index contributed by atoms with van der Waals surface area (Å²) in [5, 5.41) is 10.1. The van der Waals surface area contributed by atoms with E-state index in [4.69, 9.17) is 11.6 Å². The van der Waals surface area contributed by atoms with E-state index >= 15 is 0 Å². The van der Waals surface area contributed by atoms with Gasteiger partial charge < -0.3 is 4.90 Å². The lowest BCUT2D eigenvalue weighted by Gasteiger charge is -2.28. The van der Waals surface area contributed by atoms with Crippen LogP contribution in [0.25, 0.3) is 5.69 Å². The second kappa shape index (κ2) is 9.32. The number of amides is 1. The van der Waals surface area contributed by atoms with Gasteiger partial charge >= 0.3 is 0 Å². The van der Waals surface area contributed by atoms with Crippen LogP contribution in [0.5, 0.6) is 0 Å². The molecule has 1 saturated carbocycles. The Morgan fingerprint density at radius 2 is 1.88 bits per heavy atom. The van der Waals surface area contributed by atoms with Gasteiger partial charge in [-0.1, -0.05) is 23.4 Å². The summed E-state index contributed by atoms with van der Waals surface area (Å²) < 4.78 is 25.9. The highest BCUT2D eigenvalue weighted by Crippen LogP contribution is 2.34. The van der Waals surface area contributed by atoms with E-state index in [1.807, 2.05) is 59.7 Å². The van der Waals surface area contributed by atoms with Gasteiger partial charge in [-0.05, 0) is 64.5 Å². The first-order valence-electron chi connectivity index (χ1n) is 10.7. The predicted molar refractivity (Wildman–Crippen MR) is 126 cm³/mol. The molecule has 1 aliphatic heterocycles. The molecule has 4 rings (SSSR count). The Bertz CT molecular complexity index is 1080. The van der Waals surface area contributed by atoms with Crippen molar-refractivity contribution in [1.29, 1.82) is 0 Å². The van der Waals surface area contributed by atoms with Gasteiger partial charge in [0.15, 0.2) is 20.8 Å². The van der Waals surface area contributed by atoms with Gasteiger partial charge in [-0.15, -0.1) is 10.2 Å². The molecule has 2 atom stereocenters. The fourth-order valence-corrected chi connectivity index (χ4v) is 6.63. The fraction of sp³-hybridized carbons (Fsp3) is 0.571. The van der Waals surface area contributed by atoms with Crippen LogP contribution < -0.4 is 0 Å². The highest BCUT2D eigenvalue weighted by Gasteiger charge is 2.42. The summed E-state index contributed by atoms with van der Waals surface area (Å²) in [6.45, 7) is 2.05. The molecule has 174 valence electrons. The number of sulfone groups is 1. The van der Waals surface area contributed by atoms with Crippen molar-refractivity contribution in [2.24, 2.45) is 0 Å². The Hall–Kier alpha value is -1.62. The van der Waals surface area contributed by atoms with Crippen molar-refractivity contribution < 1.29 is 13.2 Å². The number of benzene rings is 1. The van der Waals surface area contributed by atoms with Gasteiger partial charge in [0.2, 0.25) is 5.91 Å². The van der Waals surface area contributed by atoms with Crippen molar-refractivity contribution in [2.45, 2.75) is 49.5 Å². The molecule has 0 spiro atoms. The Morgan fingerprint density at radius 1 is 1.19 bits per heavy atom. The topological polar surface area (TPSA) is 88.4 Å². The second-order valence-electron chi connectivity index (χ2n) is 8.67. The second-order valence-corrected chi connectivity index (χ2v) is 12.3. The van der Waals surface area contributed by atoms with Crippen LogP contribution in [0.2, 0.25) is 5.02 Å².